The fraction of sp³-hybridized carbons (Fsp3) is 0.164. The number of nitrogens with zero attached hydrogens (tertiary/aromatic N) is 1. The molecular formula is C55H47N. The van der Waals surface area contributed by atoms with Gasteiger partial charge in [0.1, 0.15) is 0 Å². The Morgan fingerprint density at radius 3 is 1.59 bits per heavy atom. The van der Waals surface area contributed by atoms with Crippen molar-refractivity contribution in [1.29, 1.82) is 0 Å². The van der Waals surface area contributed by atoms with Gasteiger partial charge in [0.15, 0.2) is 0 Å². The maximum atomic E-state index is 2.43. The van der Waals surface area contributed by atoms with Gasteiger partial charge >= 0.3 is 0 Å². The van der Waals surface area contributed by atoms with Crippen molar-refractivity contribution in [1.82, 2.24) is 0 Å². The van der Waals surface area contributed by atoms with Crippen LogP contribution in [0.15, 0.2) is 182 Å². The van der Waals surface area contributed by atoms with Crippen molar-refractivity contribution in [3.63, 3.8) is 0 Å². The van der Waals surface area contributed by atoms with Crippen LogP contribution in [0.25, 0.3) is 55.3 Å². The minimum Gasteiger partial charge on any atom is -0.310 e. The molecule has 0 aliphatic heterocycles. The molecule has 8 aromatic carbocycles. The SMILES string of the molecule is CC1(C)c2ccccc2-c2ccc(N(c3ccc(-c4ccc(C5CCCCC5)cc4)cc3)c3ccc(-c4cccc5cccc(-c6ccccc6)c45)cc3)cc21. The monoisotopic (exact) mass is 721 g/mol. The summed E-state index contributed by atoms with van der Waals surface area (Å²) in [6.07, 6.45) is 6.76. The minimum atomic E-state index is -0.0874. The summed E-state index contributed by atoms with van der Waals surface area (Å²) in [5.41, 5.74) is 17.8. The summed E-state index contributed by atoms with van der Waals surface area (Å²) >= 11 is 0. The standard InChI is InChI=1S/C55H47N/c1-55(2)52-22-10-9-19-50(52)51-36-35-47(37-53(51)55)56(45-31-27-41(28-32-45)40-25-23-39(24-26-40)38-13-5-3-6-14-38)46-33-29-43(30-34-46)49-21-12-18-44-17-11-20-48(54(44)49)42-15-7-4-8-16-42/h4,7-12,15-38H,3,5-6,13-14H2,1-2H3. The third-order valence-corrected chi connectivity index (χ3v) is 12.7. The normalized spacial score (nSPS) is 14.7. The number of benzene rings is 8. The van der Waals surface area contributed by atoms with Crippen molar-refractivity contribution in [2.24, 2.45) is 0 Å². The Kier molecular flexibility index (Phi) is 8.67. The highest BCUT2D eigenvalue weighted by atomic mass is 15.1. The molecule has 1 saturated carbocycles. The smallest absolute Gasteiger partial charge is 0.0465 e. The van der Waals surface area contributed by atoms with E-state index < -0.39 is 0 Å². The Labute approximate surface area is 331 Å². The third kappa shape index (κ3) is 6.03. The summed E-state index contributed by atoms with van der Waals surface area (Å²) in [7, 11) is 0. The molecule has 0 saturated heterocycles. The molecule has 1 heteroatoms. The van der Waals surface area contributed by atoms with Crippen molar-refractivity contribution in [2.75, 3.05) is 4.90 Å². The first-order valence-electron chi connectivity index (χ1n) is 20.5. The Balaban J connectivity index is 1.05. The van der Waals surface area contributed by atoms with Crippen LogP contribution in [-0.2, 0) is 5.41 Å². The van der Waals surface area contributed by atoms with Gasteiger partial charge in [-0.25, -0.2) is 0 Å². The second-order valence-electron chi connectivity index (χ2n) is 16.4. The van der Waals surface area contributed by atoms with Gasteiger partial charge in [-0.1, -0.05) is 179 Å². The van der Waals surface area contributed by atoms with E-state index in [9.17, 15) is 0 Å². The summed E-state index contributed by atoms with van der Waals surface area (Å²) < 4.78 is 0. The molecule has 8 aromatic rings. The first-order valence-corrected chi connectivity index (χ1v) is 20.5. The molecule has 0 amide bonds. The van der Waals surface area contributed by atoms with E-state index in [1.165, 1.54) is 110 Å². The molecule has 1 fully saturated rings. The average Bonchev–Trinajstić information content (AvgIpc) is 3.50. The van der Waals surface area contributed by atoms with Crippen molar-refractivity contribution >= 4 is 27.8 Å². The third-order valence-electron chi connectivity index (χ3n) is 12.7. The van der Waals surface area contributed by atoms with Gasteiger partial charge in [0.25, 0.3) is 0 Å². The predicted octanol–water partition coefficient (Wildman–Crippen LogP) is 15.7. The highest BCUT2D eigenvalue weighted by molar-refractivity contribution is 6.06. The van der Waals surface area contributed by atoms with Gasteiger partial charge in [0.2, 0.25) is 0 Å². The zero-order chi connectivity index (χ0) is 37.6. The molecule has 2 aliphatic rings. The lowest BCUT2D eigenvalue weighted by molar-refractivity contribution is 0.443. The summed E-state index contributed by atoms with van der Waals surface area (Å²) in [6.45, 7) is 4.73. The number of hydrogen-bond acceptors (Lipinski definition) is 1. The molecule has 0 aromatic heterocycles. The van der Waals surface area contributed by atoms with Gasteiger partial charge in [-0.2, -0.15) is 0 Å². The maximum Gasteiger partial charge on any atom is 0.0465 e. The van der Waals surface area contributed by atoms with Crippen molar-refractivity contribution < 1.29 is 0 Å². The highest BCUT2D eigenvalue weighted by Gasteiger charge is 2.35. The van der Waals surface area contributed by atoms with Gasteiger partial charge in [-0.05, 0) is 127 Å². The van der Waals surface area contributed by atoms with Gasteiger partial charge < -0.3 is 4.90 Å². The molecule has 0 atom stereocenters. The van der Waals surface area contributed by atoms with E-state index in [4.69, 9.17) is 0 Å². The number of rotatable bonds is 7. The van der Waals surface area contributed by atoms with E-state index in [0.29, 0.717) is 0 Å². The Hall–Kier alpha value is -6.18. The van der Waals surface area contributed by atoms with Crippen LogP contribution >= 0.6 is 0 Å². The van der Waals surface area contributed by atoms with Crippen molar-refractivity contribution in [2.45, 2.75) is 57.3 Å². The van der Waals surface area contributed by atoms with Crippen LogP contribution in [0.3, 0.4) is 0 Å². The lowest BCUT2D eigenvalue weighted by Gasteiger charge is -2.28. The topological polar surface area (TPSA) is 3.24 Å². The van der Waals surface area contributed by atoms with E-state index in [1.54, 1.807) is 0 Å². The van der Waals surface area contributed by atoms with Crippen LogP contribution in [0.5, 0.6) is 0 Å². The number of hydrogen-bond donors (Lipinski definition) is 0. The Morgan fingerprint density at radius 2 is 0.929 bits per heavy atom. The molecule has 10 rings (SSSR count). The van der Waals surface area contributed by atoms with Gasteiger partial charge in [0, 0.05) is 22.5 Å². The first-order chi connectivity index (χ1) is 27.5. The first kappa shape index (κ1) is 34.3. The van der Waals surface area contributed by atoms with Crippen molar-refractivity contribution in [3.05, 3.63) is 199 Å². The Bertz CT molecular complexity index is 2660. The van der Waals surface area contributed by atoms with Crippen LogP contribution in [0.4, 0.5) is 17.1 Å². The van der Waals surface area contributed by atoms with E-state index in [0.717, 1.165) is 17.3 Å². The molecule has 0 bridgehead atoms. The van der Waals surface area contributed by atoms with E-state index in [-0.39, 0.29) is 5.41 Å². The van der Waals surface area contributed by atoms with Gasteiger partial charge in [-0.3, -0.25) is 0 Å². The van der Waals surface area contributed by atoms with Crippen LogP contribution in [0, 0.1) is 0 Å². The average molecular weight is 722 g/mol. The van der Waals surface area contributed by atoms with E-state index in [2.05, 4.69) is 201 Å². The van der Waals surface area contributed by atoms with Crippen LogP contribution in [0.1, 0.15) is 68.6 Å². The van der Waals surface area contributed by atoms with Crippen LogP contribution in [-0.4, -0.2) is 0 Å². The van der Waals surface area contributed by atoms with Crippen molar-refractivity contribution in [3.8, 4) is 44.5 Å². The second kappa shape index (κ2) is 14.2. The molecule has 2 aliphatic carbocycles. The lowest BCUT2D eigenvalue weighted by atomic mass is 9.82. The van der Waals surface area contributed by atoms with E-state index >= 15 is 0 Å². The summed E-state index contributed by atoms with van der Waals surface area (Å²) in [6, 6.07) is 67.8. The second-order valence-corrected chi connectivity index (χ2v) is 16.4. The largest absolute Gasteiger partial charge is 0.310 e. The zero-order valence-corrected chi connectivity index (χ0v) is 32.4. The zero-order valence-electron chi connectivity index (χ0n) is 32.4. The molecule has 56 heavy (non-hydrogen) atoms. The fourth-order valence-electron chi connectivity index (χ4n) is 9.70. The molecule has 0 heterocycles. The molecular weight excluding hydrogens is 675 g/mol. The molecule has 272 valence electrons. The lowest BCUT2D eigenvalue weighted by Crippen LogP contribution is -2.16. The van der Waals surface area contributed by atoms with Gasteiger partial charge in [-0.15, -0.1) is 0 Å². The maximum absolute atomic E-state index is 2.43. The molecule has 0 unspecified atom stereocenters. The molecule has 0 spiro atoms. The number of anilines is 3. The van der Waals surface area contributed by atoms with Crippen LogP contribution in [0.2, 0.25) is 0 Å². The molecule has 0 N–H and O–H groups in total. The predicted molar refractivity (Wildman–Crippen MR) is 238 cm³/mol. The highest BCUT2D eigenvalue weighted by Crippen LogP contribution is 2.51. The van der Waals surface area contributed by atoms with Gasteiger partial charge in [0.05, 0.1) is 0 Å². The fourth-order valence-corrected chi connectivity index (χ4v) is 9.70. The summed E-state index contributed by atoms with van der Waals surface area (Å²) in [5, 5.41) is 2.54. The molecule has 1 nitrogen and oxygen atoms in total. The quantitative estimate of drug-likeness (QED) is 0.158. The van der Waals surface area contributed by atoms with Crippen LogP contribution < -0.4 is 4.90 Å². The molecule has 0 radical (unpaired) electrons. The Morgan fingerprint density at radius 1 is 0.411 bits per heavy atom. The van der Waals surface area contributed by atoms with E-state index in [1.807, 2.05) is 0 Å². The summed E-state index contributed by atoms with van der Waals surface area (Å²) in [4.78, 5) is 2.43. The number of fused-ring (bicyclic) bond motifs is 4. The minimum absolute atomic E-state index is 0.0874. The summed E-state index contributed by atoms with van der Waals surface area (Å²) in [5.74, 6) is 0.719.